The van der Waals surface area contributed by atoms with E-state index >= 15 is 0 Å². The van der Waals surface area contributed by atoms with Crippen LogP contribution in [-0.2, 0) is 27.9 Å². The zero-order valence-corrected chi connectivity index (χ0v) is 17.6. The van der Waals surface area contributed by atoms with Crippen molar-refractivity contribution in [1.82, 2.24) is 19.6 Å². The number of likely N-dealkylation sites (tertiary alicyclic amines) is 1. The molecule has 4 heterocycles. The lowest BCUT2D eigenvalue weighted by atomic mass is 9.85. The molecule has 0 bridgehead atoms. The van der Waals surface area contributed by atoms with Crippen LogP contribution < -0.4 is 0 Å². The molecule has 7 nitrogen and oxygen atoms in total. The van der Waals surface area contributed by atoms with Gasteiger partial charge in [-0.2, -0.15) is 5.10 Å². The Balaban J connectivity index is 1.64. The maximum Gasteiger partial charge on any atom is 0.257 e. The molecule has 2 fully saturated rings. The number of ether oxygens (including phenoxy) is 2. The number of thiophene rings is 1. The topological polar surface area (TPSA) is 59.8 Å². The molecule has 2 aromatic rings. The third-order valence-corrected chi connectivity index (χ3v) is 6.96. The van der Waals surface area contributed by atoms with E-state index in [1.165, 1.54) is 10.4 Å². The number of hydrogen-bond donors (Lipinski definition) is 0. The predicted molar refractivity (Wildman–Crippen MR) is 107 cm³/mol. The molecule has 0 aliphatic carbocycles. The van der Waals surface area contributed by atoms with Gasteiger partial charge in [-0.05, 0) is 30.0 Å². The number of carbonyl (C=O) groups is 1. The van der Waals surface area contributed by atoms with E-state index in [0.29, 0.717) is 32.8 Å². The third kappa shape index (κ3) is 3.39. The Morgan fingerprint density at radius 3 is 2.96 bits per heavy atom. The van der Waals surface area contributed by atoms with Crippen molar-refractivity contribution in [2.24, 2.45) is 7.05 Å². The number of hydrogen-bond acceptors (Lipinski definition) is 6. The summed E-state index contributed by atoms with van der Waals surface area (Å²) in [6, 6.07) is 4.16. The van der Waals surface area contributed by atoms with Crippen molar-refractivity contribution in [2.75, 3.05) is 46.5 Å². The minimum absolute atomic E-state index is 0.0434. The van der Waals surface area contributed by atoms with Gasteiger partial charge < -0.3 is 14.4 Å². The van der Waals surface area contributed by atoms with Crippen molar-refractivity contribution in [1.29, 1.82) is 0 Å². The zero-order valence-electron chi connectivity index (χ0n) is 16.8. The van der Waals surface area contributed by atoms with Gasteiger partial charge in [-0.1, -0.05) is 0 Å². The first-order chi connectivity index (χ1) is 13.5. The molecular weight excluding hydrogens is 376 g/mol. The summed E-state index contributed by atoms with van der Waals surface area (Å²) >= 11 is 1.77. The van der Waals surface area contributed by atoms with Gasteiger partial charge in [0.25, 0.3) is 5.91 Å². The van der Waals surface area contributed by atoms with Gasteiger partial charge in [-0.15, -0.1) is 11.3 Å². The molecule has 1 amide bonds. The number of aromatic nitrogens is 2. The quantitative estimate of drug-likeness (QED) is 0.733. The first-order valence-electron chi connectivity index (χ1n) is 9.70. The average Bonchev–Trinajstić information content (AvgIpc) is 3.37. The molecule has 2 aliphatic rings. The Morgan fingerprint density at radius 2 is 2.29 bits per heavy atom. The fourth-order valence-electron chi connectivity index (χ4n) is 4.41. The molecule has 0 radical (unpaired) electrons. The minimum Gasteiger partial charge on any atom is -0.383 e. The van der Waals surface area contributed by atoms with E-state index in [2.05, 4.69) is 28.4 Å². The number of morpholine rings is 1. The highest BCUT2D eigenvalue weighted by Crippen LogP contribution is 2.42. The predicted octanol–water partition coefficient (Wildman–Crippen LogP) is 1.63. The van der Waals surface area contributed by atoms with Crippen LogP contribution in [0.1, 0.15) is 22.1 Å². The van der Waals surface area contributed by atoms with Crippen LogP contribution in [0.4, 0.5) is 0 Å². The summed E-state index contributed by atoms with van der Waals surface area (Å²) in [4.78, 5) is 19.2. The highest BCUT2D eigenvalue weighted by atomic mass is 32.1. The van der Waals surface area contributed by atoms with E-state index in [1.807, 2.05) is 22.7 Å². The fourth-order valence-corrected chi connectivity index (χ4v) is 5.35. The minimum atomic E-state index is -0.856. The lowest BCUT2D eigenvalue weighted by Crippen LogP contribution is -2.60. The second-order valence-electron chi connectivity index (χ2n) is 7.65. The van der Waals surface area contributed by atoms with Gasteiger partial charge in [0.15, 0.2) is 5.60 Å². The van der Waals surface area contributed by atoms with Crippen LogP contribution in [0.5, 0.6) is 0 Å². The molecule has 0 saturated carbocycles. The Labute approximate surface area is 169 Å². The summed E-state index contributed by atoms with van der Waals surface area (Å²) in [5, 5.41) is 6.48. The summed E-state index contributed by atoms with van der Waals surface area (Å²) < 4.78 is 13.4. The van der Waals surface area contributed by atoms with Crippen LogP contribution in [-0.4, -0.2) is 77.6 Å². The Bertz CT molecular complexity index is 835. The fraction of sp³-hybridized carbons (Fsp3) is 0.600. The van der Waals surface area contributed by atoms with Crippen molar-refractivity contribution in [3.8, 4) is 0 Å². The van der Waals surface area contributed by atoms with Gasteiger partial charge in [-0.3, -0.25) is 14.4 Å². The molecule has 8 heteroatoms. The molecule has 1 spiro atoms. The molecule has 152 valence electrons. The average molecular weight is 405 g/mol. The second kappa shape index (κ2) is 7.94. The summed E-state index contributed by atoms with van der Waals surface area (Å²) in [6.45, 7) is 6.67. The number of carbonyl (C=O) groups excluding carboxylic acids is 1. The van der Waals surface area contributed by atoms with Crippen molar-refractivity contribution in [3.63, 3.8) is 0 Å². The lowest BCUT2D eigenvalue weighted by molar-refractivity contribution is -0.173. The van der Waals surface area contributed by atoms with Crippen LogP contribution in [0, 0.1) is 6.92 Å². The Hall–Kier alpha value is -1.74. The van der Waals surface area contributed by atoms with E-state index in [0.717, 1.165) is 18.8 Å². The zero-order chi connectivity index (χ0) is 19.7. The van der Waals surface area contributed by atoms with Crippen LogP contribution in [0.2, 0.25) is 0 Å². The Kier molecular flexibility index (Phi) is 5.55. The summed E-state index contributed by atoms with van der Waals surface area (Å²) in [6.07, 6.45) is 1.80. The highest BCUT2D eigenvalue weighted by Gasteiger charge is 2.57. The van der Waals surface area contributed by atoms with Crippen LogP contribution in [0.3, 0.4) is 0 Å². The molecule has 4 rings (SSSR count). The number of rotatable bonds is 6. The lowest BCUT2D eigenvalue weighted by Gasteiger charge is -2.42. The van der Waals surface area contributed by atoms with Crippen LogP contribution in [0.25, 0.3) is 0 Å². The molecular formula is C20H28N4O3S. The third-order valence-electron chi connectivity index (χ3n) is 5.95. The molecule has 2 saturated heterocycles. The van der Waals surface area contributed by atoms with Crippen molar-refractivity contribution >= 4 is 17.2 Å². The number of nitrogens with zero attached hydrogens (tertiary/aromatic N) is 4. The monoisotopic (exact) mass is 404 g/mol. The Morgan fingerprint density at radius 1 is 1.43 bits per heavy atom. The number of aryl methyl sites for hydroxylation is 2. The molecule has 0 unspecified atom stereocenters. The van der Waals surface area contributed by atoms with Gasteiger partial charge >= 0.3 is 0 Å². The van der Waals surface area contributed by atoms with E-state index in [4.69, 9.17) is 9.47 Å². The molecule has 28 heavy (non-hydrogen) atoms. The summed E-state index contributed by atoms with van der Waals surface area (Å²) in [7, 11) is 3.60. The van der Waals surface area contributed by atoms with Crippen molar-refractivity contribution in [3.05, 3.63) is 39.8 Å². The van der Waals surface area contributed by atoms with Crippen LogP contribution >= 0.6 is 11.3 Å². The first kappa shape index (κ1) is 19.6. The molecule has 0 aromatic carbocycles. The number of methoxy groups -OCH3 is 1. The first-order valence-corrected chi connectivity index (χ1v) is 10.6. The van der Waals surface area contributed by atoms with Crippen molar-refractivity contribution in [2.45, 2.75) is 25.0 Å². The van der Waals surface area contributed by atoms with Crippen LogP contribution in [0.15, 0.2) is 23.7 Å². The molecule has 0 N–H and O–H groups in total. The van der Waals surface area contributed by atoms with Crippen molar-refractivity contribution < 1.29 is 14.3 Å². The van der Waals surface area contributed by atoms with E-state index in [1.54, 1.807) is 24.6 Å². The van der Waals surface area contributed by atoms with Gasteiger partial charge in [0.2, 0.25) is 0 Å². The summed E-state index contributed by atoms with van der Waals surface area (Å²) in [5.74, 6) is 0.0329. The molecule has 2 aromatic heterocycles. The normalized spacial score (nSPS) is 25.9. The smallest absolute Gasteiger partial charge is 0.257 e. The maximum absolute atomic E-state index is 13.6. The van der Waals surface area contributed by atoms with Gasteiger partial charge in [-0.25, -0.2) is 0 Å². The molecule has 2 aliphatic heterocycles. The summed E-state index contributed by atoms with van der Waals surface area (Å²) in [5.41, 5.74) is 1.50. The largest absolute Gasteiger partial charge is 0.383 e. The molecule has 2 atom stereocenters. The second-order valence-corrected chi connectivity index (χ2v) is 8.65. The van der Waals surface area contributed by atoms with Gasteiger partial charge in [0, 0.05) is 63.6 Å². The van der Waals surface area contributed by atoms with Gasteiger partial charge in [0.1, 0.15) is 0 Å². The number of amides is 1. The van der Waals surface area contributed by atoms with E-state index < -0.39 is 5.60 Å². The van der Waals surface area contributed by atoms with E-state index in [-0.39, 0.29) is 11.8 Å². The van der Waals surface area contributed by atoms with E-state index in [9.17, 15) is 4.79 Å². The SMILES string of the molecule is COCCN1CCO[C@]2(CN(Cc3sccc3C)C[C@H]2c2ccnn2C)C1=O. The maximum atomic E-state index is 13.6. The highest BCUT2D eigenvalue weighted by molar-refractivity contribution is 7.10. The standard InChI is InChI=1S/C20H28N4O3S/c1-15-5-11-28-18(15)13-23-12-16(17-4-6-21-22(17)2)20(14-23)19(25)24(7-9-26-3)8-10-27-20/h4-6,11,16H,7-10,12-14H2,1-3H3/t16-,20-/m0/s1. The van der Waals surface area contributed by atoms with Gasteiger partial charge in [0.05, 0.1) is 19.1 Å².